The van der Waals surface area contributed by atoms with E-state index in [1.807, 2.05) is 39.8 Å². The minimum Gasteiger partial charge on any atom is -0.397 e. The van der Waals surface area contributed by atoms with Gasteiger partial charge in [-0.1, -0.05) is 17.9 Å². The molecule has 0 saturated carbocycles. The number of hydrogen-bond donors (Lipinski definition) is 2. The Morgan fingerprint density at radius 2 is 2.17 bits per heavy atom. The molecule has 1 heterocycles. The average Bonchev–Trinajstić information content (AvgIpc) is 2.92. The van der Waals surface area contributed by atoms with E-state index < -0.39 is 17.7 Å². The van der Waals surface area contributed by atoms with Crippen LogP contribution in [-0.4, -0.2) is 58.8 Å². The molecule has 0 fully saturated rings. The van der Waals surface area contributed by atoms with Gasteiger partial charge in [0.05, 0.1) is 24.4 Å². The van der Waals surface area contributed by atoms with Crippen LogP contribution < -0.4 is 16.0 Å². The average molecular weight is 421 g/mol. The molecular weight excluding hydrogens is 390 g/mol. The third-order valence-electron chi connectivity index (χ3n) is 4.50. The number of halogens is 2. The lowest BCUT2D eigenvalue weighted by atomic mass is 10.0. The van der Waals surface area contributed by atoms with E-state index in [1.54, 1.807) is 0 Å². The molecule has 0 unspecified atom stereocenters. The molecule has 0 amide bonds. The number of nitrogens with two attached hydrogens (primary N) is 1. The van der Waals surface area contributed by atoms with Gasteiger partial charge in [-0.05, 0) is 26.0 Å². The normalized spacial score (nSPS) is 14.8. The number of ether oxygens (including phenoxy) is 1. The third-order valence-corrected chi connectivity index (χ3v) is 4.50. The molecule has 2 rings (SSSR count). The van der Waals surface area contributed by atoms with Crippen LogP contribution >= 0.6 is 0 Å². The number of anilines is 1. The van der Waals surface area contributed by atoms with Crippen molar-refractivity contribution in [1.82, 2.24) is 5.32 Å². The third kappa shape index (κ3) is 7.25. The molecule has 164 valence electrons. The van der Waals surface area contributed by atoms with E-state index in [0.717, 1.165) is 23.4 Å². The number of hydrogen-bond acceptors (Lipinski definition) is 6. The second-order valence-electron chi connectivity index (χ2n) is 7.17. The van der Waals surface area contributed by atoms with Gasteiger partial charge in [-0.25, -0.2) is 8.78 Å². The zero-order valence-electron chi connectivity index (χ0n) is 18.0. The summed E-state index contributed by atoms with van der Waals surface area (Å²) in [7, 11) is 3.55. The van der Waals surface area contributed by atoms with E-state index in [-0.39, 0.29) is 12.1 Å². The standard InChI is InChI=1S/C21H28F2N4O.CH2O/c1-21(2,26-13-16(12-25-3)19(24)20(22)23)9-8-15-6-5-7-18-17(15)14-28-11-10-27(18)4;1-2/h5-7,12,20,26H,10-11,13-14,24H2,1-4H3;1H2/b19-16+,25-12?;. The highest BCUT2D eigenvalue weighted by atomic mass is 19.3. The smallest absolute Gasteiger partial charge is 0.278 e. The van der Waals surface area contributed by atoms with Crippen LogP contribution in [0.2, 0.25) is 0 Å². The van der Waals surface area contributed by atoms with Gasteiger partial charge in [0.15, 0.2) is 0 Å². The monoisotopic (exact) mass is 420 g/mol. The number of rotatable bonds is 5. The minimum atomic E-state index is -2.72. The van der Waals surface area contributed by atoms with E-state index in [9.17, 15) is 8.78 Å². The Hall–Kier alpha value is -2.76. The van der Waals surface area contributed by atoms with Crippen molar-refractivity contribution in [2.75, 3.05) is 38.7 Å². The summed E-state index contributed by atoms with van der Waals surface area (Å²) in [6.45, 7) is 7.95. The van der Waals surface area contributed by atoms with Crippen molar-refractivity contribution in [3.8, 4) is 11.8 Å². The molecule has 1 aromatic rings. The number of fused-ring (bicyclic) bond motifs is 1. The Labute approximate surface area is 177 Å². The molecule has 1 aliphatic rings. The number of carbonyl (C=O) groups excluding carboxylic acids is 1. The number of likely N-dealkylation sites (N-methyl/N-ethyl adjacent to an activating group) is 1. The summed E-state index contributed by atoms with van der Waals surface area (Å²) in [5, 5.41) is 3.17. The van der Waals surface area contributed by atoms with Crippen LogP contribution in [0.5, 0.6) is 0 Å². The molecular formula is C22H30F2N4O2. The van der Waals surface area contributed by atoms with Crippen molar-refractivity contribution in [1.29, 1.82) is 0 Å². The highest BCUT2D eigenvalue weighted by molar-refractivity contribution is 5.80. The quantitative estimate of drug-likeness (QED) is 0.565. The van der Waals surface area contributed by atoms with Crippen molar-refractivity contribution in [3.05, 3.63) is 40.6 Å². The molecule has 1 aliphatic heterocycles. The zero-order valence-corrected chi connectivity index (χ0v) is 18.0. The van der Waals surface area contributed by atoms with Crippen LogP contribution in [0.3, 0.4) is 0 Å². The van der Waals surface area contributed by atoms with Gasteiger partial charge >= 0.3 is 0 Å². The Morgan fingerprint density at radius 3 is 2.80 bits per heavy atom. The molecule has 0 aliphatic carbocycles. The van der Waals surface area contributed by atoms with Crippen molar-refractivity contribution < 1.29 is 18.3 Å². The second-order valence-corrected chi connectivity index (χ2v) is 7.17. The van der Waals surface area contributed by atoms with Crippen LogP contribution in [0.4, 0.5) is 14.5 Å². The molecule has 0 spiro atoms. The van der Waals surface area contributed by atoms with Gasteiger partial charge in [-0.2, -0.15) is 0 Å². The summed E-state index contributed by atoms with van der Waals surface area (Å²) < 4.78 is 31.5. The molecule has 0 atom stereocenters. The van der Waals surface area contributed by atoms with E-state index in [0.29, 0.717) is 13.2 Å². The molecule has 0 aromatic heterocycles. The lowest BCUT2D eigenvalue weighted by Gasteiger charge is -2.21. The molecule has 30 heavy (non-hydrogen) atoms. The van der Waals surface area contributed by atoms with Crippen LogP contribution in [0.25, 0.3) is 0 Å². The highest BCUT2D eigenvalue weighted by Gasteiger charge is 2.18. The lowest BCUT2D eigenvalue weighted by molar-refractivity contribution is -0.0980. The summed E-state index contributed by atoms with van der Waals surface area (Å²) >= 11 is 0. The van der Waals surface area contributed by atoms with Gasteiger partial charge in [0, 0.05) is 55.8 Å². The summed E-state index contributed by atoms with van der Waals surface area (Å²) in [5.41, 5.74) is 7.74. The first-order valence-corrected chi connectivity index (χ1v) is 9.42. The first-order chi connectivity index (χ1) is 14.2. The largest absolute Gasteiger partial charge is 0.397 e. The van der Waals surface area contributed by atoms with E-state index in [2.05, 4.69) is 33.1 Å². The van der Waals surface area contributed by atoms with E-state index in [1.165, 1.54) is 13.3 Å². The fourth-order valence-corrected chi connectivity index (χ4v) is 2.80. The van der Waals surface area contributed by atoms with Crippen LogP contribution in [-0.2, 0) is 16.1 Å². The summed E-state index contributed by atoms with van der Waals surface area (Å²) in [6.07, 6.45) is -1.37. The van der Waals surface area contributed by atoms with Crippen LogP contribution in [0, 0.1) is 11.8 Å². The van der Waals surface area contributed by atoms with Gasteiger partial charge in [0.1, 0.15) is 6.79 Å². The molecule has 8 heteroatoms. The van der Waals surface area contributed by atoms with Gasteiger partial charge < -0.3 is 20.2 Å². The molecule has 0 bridgehead atoms. The second kappa shape index (κ2) is 12.1. The van der Waals surface area contributed by atoms with Gasteiger partial charge in [-0.15, -0.1) is 0 Å². The van der Waals surface area contributed by atoms with Crippen molar-refractivity contribution in [2.24, 2.45) is 10.7 Å². The fraction of sp³-hybridized carbons (Fsp3) is 0.455. The van der Waals surface area contributed by atoms with Crippen molar-refractivity contribution in [2.45, 2.75) is 32.4 Å². The minimum absolute atomic E-state index is 0.147. The van der Waals surface area contributed by atoms with Gasteiger partial charge in [0.25, 0.3) is 6.43 Å². The number of allylic oxidation sites excluding steroid dienone is 1. The molecule has 1 aromatic carbocycles. The summed E-state index contributed by atoms with van der Waals surface area (Å²) in [5.74, 6) is 6.42. The number of nitrogens with one attached hydrogen (secondary N) is 1. The predicted octanol–water partition coefficient (Wildman–Crippen LogP) is 2.37. The zero-order chi connectivity index (χ0) is 22.7. The fourth-order valence-electron chi connectivity index (χ4n) is 2.80. The maximum Gasteiger partial charge on any atom is 0.278 e. The number of alkyl halides is 2. The lowest BCUT2D eigenvalue weighted by Crippen LogP contribution is -2.40. The first kappa shape index (κ1) is 25.3. The van der Waals surface area contributed by atoms with Crippen LogP contribution in [0.1, 0.15) is 25.0 Å². The molecule has 0 saturated heterocycles. The summed E-state index contributed by atoms with van der Waals surface area (Å²) in [4.78, 5) is 14.0. The first-order valence-electron chi connectivity index (χ1n) is 9.42. The van der Waals surface area contributed by atoms with Gasteiger partial charge in [0.2, 0.25) is 0 Å². The van der Waals surface area contributed by atoms with E-state index >= 15 is 0 Å². The number of carbonyl (C=O) groups is 1. The molecule has 0 radical (unpaired) electrons. The number of aliphatic imine (C=N–C) groups is 1. The summed E-state index contributed by atoms with van der Waals surface area (Å²) in [6, 6.07) is 6.01. The van der Waals surface area contributed by atoms with Gasteiger partial charge in [-0.3, -0.25) is 10.3 Å². The predicted molar refractivity (Wildman–Crippen MR) is 117 cm³/mol. The topological polar surface area (TPSA) is 80.0 Å². The maximum atomic E-state index is 12.9. The van der Waals surface area contributed by atoms with E-state index in [4.69, 9.17) is 15.3 Å². The van der Waals surface area contributed by atoms with Crippen molar-refractivity contribution >= 4 is 18.7 Å². The Kier molecular flexibility index (Phi) is 10.2. The highest BCUT2D eigenvalue weighted by Crippen LogP contribution is 2.25. The Bertz CT molecular complexity index is 826. The molecule has 3 N–H and O–H groups in total. The molecule has 6 nitrogen and oxygen atoms in total. The Morgan fingerprint density at radius 1 is 1.47 bits per heavy atom. The Balaban J connectivity index is 0.00000218. The van der Waals surface area contributed by atoms with Crippen molar-refractivity contribution in [3.63, 3.8) is 0 Å². The number of benzene rings is 1. The van der Waals surface area contributed by atoms with Crippen LogP contribution in [0.15, 0.2) is 34.5 Å². The maximum absolute atomic E-state index is 12.9. The SMILES string of the molecule is C=O.CN=C/C(CNC(C)(C)C#Cc1cccc2c1COCCN2C)=C(\N)C(F)F. The number of nitrogens with zero attached hydrogens (tertiary/aromatic N) is 2.